The molecule has 2 heterocycles. The average molecular weight is 532 g/mol. The van der Waals surface area contributed by atoms with Gasteiger partial charge >= 0.3 is 18.5 Å². The molecule has 5 nitrogen and oxygen atoms in total. The minimum absolute atomic E-state index is 0.0457. The van der Waals surface area contributed by atoms with Crippen LogP contribution >= 0.6 is 0 Å². The molecular formula is C23H13F9N4O. The minimum atomic E-state index is -5.08. The molecule has 2 aromatic carbocycles. The number of halogens is 9. The van der Waals surface area contributed by atoms with E-state index in [4.69, 9.17) is 11.1 Å². The zero-order valence-corrected chi connectivity index (χ0v) is 18.5. The van der Waals surface area contributed by atoms with Crippen molar-refractivity contribution in [3.63, 3.8) is 0 Å². The van der Waals surface area contributed by atoms with Crippen LogP contribution in [0.1, 0.15) is 35.1 Å². The van der Waals surface area contributed by atoms with Crippen LogP contribution in [-0.4, -0.2) is 14.7 Å². The molecular weight excluding hydrogens is 519 g/mol. The molecule has 0 amide bonds. The van der Waals surface area contributed by atoms with Crippen LogP contribution in [0.4, 0.5) is 45.2 Å². The highest BCUT2D eigenvalue weighted by Gasteiger charge is 2.38. The monoisotopic (exact) mass is 532 g/mol. The maximum Gasteiger partial charge on any atom is 0.416 e. The van der Waals surface area contributed by atoms with E-state index in [1.54, 1.807) is 6.92 Å². The van der Waals surface area contributed by atoms with E-state index in [1.807, 2.05) is 0 Å². The lowest BCUT2D eigenvalue weighted by Gasteiger charge is -2.12. The largest absolute Gasteiger partial charge is 0.416 e. The highest BCUT2D eigenvalue weighted by atomic mass is 19.4. The Kier molecular flexibility index (Phi) is 6.21. The van der Waals surface area contributed by atoms with Crippen LogP contribution in [0.25, 0.3) is 27.2 Å². The lowest BCUT2D eigenvalue weighted by molar-refractivity contribution is -0.143. The van der Waals surface area contributed by atoms with E-state index in [-0.39, 0.29) is 35.8 Å². The second kappa shape index (κ2) is 8.82. The summed E-state index contributed by atoms with van der Waals surface area (Å²) in [6, 6.07) is 4.39. The zero-order chi connectivity index (χ0) is 27.3. The van der Waals surface area contributed by atoms with Crippen molar-refractivity contribution >= 4 is 16.6 Å². The zero-order valence-electron chi connectivity index (χ0n) is 18.5. The highest BCUT2D eigenvalue weighted by molar-refractivity contribution is 5.90. The van der Waals surface area contributed by atoms with Gasteiger partial charge in [0, 0.05) is 22.2 Å². The molecule has 0 fully saturated rings. The summed E-state index contributed by atoms with van der Waals surface area (Å²) in [5, 5.41) is 3.36. The molecule has 14 heteroatoms. The number of nitrogens with zero attached hydrogens (tertiary/aromatic N) is 4. The van der Waals surface area contributed by atoms with Gasteiger partial charge in [-0.25, -0.2) is 4.85 Å². The number of alkyl halides is 9. The Morgan fingerprint density at radius 3 is 2.03 bits per heavy atom. The Balaban J connectivity index is 1.79. The molecule has 0 bridgehead atoms. The second-order valence-corrected chi connectivity index (χ2v) is 7.89. The Bertz CT molecular complexity index is 1490. The van der Waals surface area contributed by atoms with E-state index < -0.39 is 52.4 Å². The van der Waals surface area contributed by atoms with Crippen LogP contribution in [-0.2, 0) is 31.5 Å². The maximum absolute atomic E-state index is 13.7. The number of fused-ring (bicyclic) bond motifs is 1. The van der Waals surface area contributed by atoms with E-state index in [1.165, 1.54) is 16.7 Å². The SMILES string of the molecule is [C-]#[N+]c1ccc2c(cc(CC)n2Cc2noc(-c3cc(C(F)(F)F)cc(C(F)(F)F)c3)n2)c1C(F)(F)F. The Morgan fingerprint density at radius 1 is 0.892 bits per heavy atom. The first kappa shape index (κ1) is 26.1. The van der Waals surface area contributed by atoms with Crippen molar-refractivity contribution in [2.75, 3.05) is 0 Å². The maximum atomic E-state index is 13.7. The lowest BCUT2D eigenvalue weighted by atomic mass is 10.0. The van der Waals surface area contributed by atoms with Crippen LogP contribution in [0.2, 0.25) is 0 Å². The Morgan fingerprint density at radius 2 is 1.51 bits per heavy atom. The van der Waals surface area contributed by atoms with Gasteiger partial charge < -0.3 is 9.09 Å². The molecule has 0 saturated carbocycles. The van der Waals surface area contributed by atoms with Crippen molar-refractivity contribution in [3.8, 4) is 11.5 Å². The number of benzene rings is 2. The summed E-state index contributed by atoms with van der Waals surface area (Å²) >= 11 is 0. The summed E-state index contributed by atoms with van der Waals surface area (Å²) in [4.78, 5) is 6.83. The summed E-state index contributed by atoms with van der Waals surface area (Å²) in [5.41, 5.74) is -5.00. The first-order chi connectivity index (χ1) is 17.1. The van der Waals surface area contributed by atoms with Crippen molar-refractivity contribution in [2.24, 2.45) is 0 Å². The van der Waals surface area contributed by atoms with Gasteiger partial charge in [0.1, 0.15) is 0 Å². The van der Waals surface area contributed by atoms with Gasteiger partial charge in [0.2, 0.25) is 0 Å². The number of hydrogen-bond acceptors (Lipinski definition) is 3. The van der Waals surface area contributed by atoms with Crippen LogP contribution in [0.3, 0.4) is 0 Å². The molecule has 0 aliphatic carbocycles. The normalized spacial score (nSPS) is 12.8. The first-order valence-electron chi connectivity index (χ1n) is 10.4. The standard InChI is InChI=1S/C23H13F9N4O/c1-3-14-9-15-17(5-4-16(33-2)19(15)23(30,31)32)36(14)10-18-34-20(37-35-18)11-6-12(21(24,25)26)8-13(7-11)22(27,28)29/h4-9H,3,10H2,1H3. The second-order valence-electron chi connectivity index (χ2n) is 7.89. The average Bonchev–Trinajstić information content (AvgIpc) is 3.41. The van der Waals surface area contributed by atoms with Gasteiger partial charge in [0.25, 0.3) is 5.89 Å². The van der Waals surface area contributed by atoms with Crippen LogP contribution in [0, 0.1) is 6.57 Å². The third-order valence-corrected chi connectivity index (χ3v) is 5.52. The summed E-state index contributed by atoms with van der Waals surface area (Å²) in [5.74, 6) is -0.830. The third-order valence-electron chi connectivity index (χ3n) is 5.52. The number of rotatable bonds is 4. The van der Waals surface area contributed by atoms with Gasteiger partial charge in [0.15, 0.2) is 11.5 Å². The molecule has 0 aliphatic rings. The van der Waals surface area contributed by atoms with Gasteiger partial charge in [0.05, 0.1) is 29.8 Å². The fourth-order valence-corrected chi connectivity index (χ4v) is 3.90. The van der Waals surface area contributed by atoms with Gasteiger partial charge in [-0.3, -0.25) is 0 Å². The van der Waals surface area contributed by atoms with Gasteiger partial charge in [-0.1, -0.05) is 18.1 Å². The van der Waals surface area contributed by atoms with Gasteiger partial charge in [-0.2, -0.15) is 44.5 Å². The van der Waals surface area contributed by atoms with Crippen molar-refractivity contribution in [2.45, 2.75) is 38.4 Å². The van der Waals surface area contributed by atoms with E-state index in [9.17, 15) is 39.5 Å². The smallest absolute Gasteiger partial charge is 0.337 e. The van der Waals surface area contributed by atoms with E-state index in [0.717, 1.165) is 6.07 Å². The summed E-state index contributed by atoms with van der Waals surface area (Å²) < 4.78 is 126. The van der Waals surface area contributed by atoms with Crippen molar-refractivity contribution < 1.29 is 44.0 Å². The molecule has 2 aromatic heterocycles. The predicted octanol–water partition coefficient (Wildman–Crippen LogP) is 7.91. The summed E-state index contributed by atoms with van der Waals surface area (Å²) in [7, 11) is 0. The fourth-order valence-electron chi connectivity index (χ4n) is 3.90. The molecule has 0 radical (unpaired) electrons. The van der Waals surface area contributed by atoms with E-state index >= 15 is 0 Å². The van der Waals surface area contributed by atoms with Crippen molar-refractivity contribution in [1.82, 2.24) is 14.7 Å². The molecule has 4 rings (SSSR count). The third kappa shape index (κ3) is 4.98. The Labute approximate surface area is 201 Å². The van der Waals surface area contributed by atoms with Crippen LogP contribution in [0.5, 0.6) is 0 Å². The van der Waals surface area contributed by atoms with Gasteiger partial charge in [-0.05, 0) is 36.8 Å². The number of hydrogen-bond donors (Lipinski definition) is 0. The van der Waals surface area contributed by atoms with Crippen molar-refractivity contribution in [3.05, 3.63) is 76.0 Å². The summed E-state index contributed by atoms with van der Waals surface area (Å²) in [6.07, 6.45) is -14.7. The van der Waals surface area contributed by atoms with Crippen LogP contribution in [0.15, 0.2) is 40.9 Å². The first-order valence-corrected chi connectivity index (χ1v) is 10.4. The molecule has 0 unspecified atom stereocenters. The van der Waals surface area contributed by atoms with E-state index in [0.29, 0.717) is 17.8 Å². The molecule has 0 atom stereocenters. The quantitative estimate of drug-likeness (QED) is 0.198. The molecule has 0 N–H and O–H groups in total. The minimum Gasteiger partial charge on any atom is -0.337 e. The number of aromatic nitrogens is 3. The highest BCUT2D eigenvalue weighted by Crippen LogP contribution is 2.43. The molecule has 37 heavy (non-hydrogen) atoms. The molecule has 0 aliphatic heterocycles. The summed E-state index contributed by atoms with van der Waals surface area (Å²) in [6.45, 7) is 8.43. The predicted molar refractivity (Wildman–Crippen MR) is 111 cm³/mol. The molecule has 194 valence electrons. The Hall–Kier alpha value is -4.02. The topological polar surface area (TPSA) is 48.2 Å². The van der Waals surface area contributed by atoms with Crippen LogP contribution < -0.4 is 0 Å². The lowest BCUT2D eigenvalue weighted by Crippen LogP contribution is -2.11. The van der Waals surface area contributed by atoms with Gasteiger partial charge in [-0.15, -0.1) is 0 Å². The molecule has 4 aromatic rings. The number of aryl methyl sites for hydroxylation is 1. The molecule has 0 spiro atoms. The van der Waals surface area contributed by atoms with E-state index in [2.05, 4.69) is 15.0 Å². The molecule has 0 saturated heterocycles. The van der Waals surface area contributed by atoms with Crippen molar-refractivity contribution in [1.29, 1.82) is 0 Å². The fraction of sp³-hybridized carbons (Fsp3) is 0.261.